The molecule has 25 heavy (non-hydrogen) atoms. The van der Waals surface area contributed by atoms with Gasteiger partial charge in [-0.15, -0.1) is 0 Å². The number of hydrogen-bond donors (Lipinski definition) is 1. The van der Waals surface area contributed by atoms with E-state index in [1.807, 2.05) is 11.8 Å². The van der Waals surface area contributed by atoms with Gasteiger partial charge in [-0.3, -0.25) is 4.90 Å². The van der Waals surface area contributed by atoms with Crippen LogP contribution in [0, 0.1) is 6.92 Å². The Morgan fingerprint density at radius 1 is 1.24 bits per heavy atom. The molecule has 3 rings (SSSR count). The summed E-state index contributed by atoms with van der Waals surface area (Å²) >= 11 is 0. The van der Waals surface area contributed by atoms with Gasteiger partial charge in [0.05, 0.1) is 0 Å². The molecule has 3 heterocycles. The first-order valence-corrected chi connectivity index (χ1v) is 9.15. The minimum Gasteiger partial charge on any atom is -0.337 e. The van der Waals surface area contributed by atoms with Gasteiger partial charge in [0.25, 0.3) is 0 Å². The fourth-order valence-corrected chi connectivity index (χ4v) is 3.87. The molecule has 2 amide bonds. The summed E-state index contributed by atoms with van der Waals surface area (Å²) in [6.45, 7) is 8.40. The summed E-state index contributed by atoms with van der Waals surface area (Å²) < 4.78 is 5.17. The second-order valence-corrected chi connectivity index (χ2v) is 7.58. The van der Waals surface area contributed by atoms with Crippen molar-refractivity contribution in [2.24, 2.45) is 0 Å². The first kappa shape index (κ1) is 18.1. The summed E-state index contributed by atoms with van der Waals surface area (Å²) in [6.07, 6.45) is 3.19. The summed E-state index contributed by atoms with van der Waals surface area (Å²) in [7, 11) is 4.37. The lowest BCUT2D eigenvalue weighted by Gasteiger charge is -2.47. The fraction of sp³-hybridized carbons (Fsp3) is 0.824. The molecule has 2 aliphatic heterocycles. The van der Waals surface area contributed by atoms with Crippen LogP contribution in [-0.2, 0) is 0 Å². The number of urea groups is 1. The molecule has 2 aliphatic rings. The summed E-state index contributed by atoms with van der Waals surface area (Å²) in [5.41, 5.74) is 0.0880. The topological polar surface area (TPSA) is 77.7 Å². The van der Waals surface area contributed by atoms with E-state index in [0.29, 0.717) is 11.7 Å². The summed E-state index contributed by atoms with van der Waals surface area (Å²) in [5.74, 6) is 1.03. The van der Waals surface area contributed by atoms with E-state index in [4.69, 9.17) is 4.52 Å². The first-order valence-electron chi connectivity index (χ1n) is 9.15. The van der Waals surface area contributed by atoms with Crippen molar-refractivity contribution < 1.29 is 9.32 Å². The minimum absolute atomic E-state index is 0.0445. The molecule has 140 valence electrons. The van der Waals surface area contributed by atoms with E-state index < -0.39 is 0 Å². The quantitative estimate of drug-likeness (QED) is 0.865. The average Bonchev–Trinajstić information content (AvgIpc) is 2.95. The van der Waals surface area contributed by atoms with E-state index >= 15 is 0 Å². The standard InChI is InChI=1S/C17H30N6O2/c1-13(15-19-14(2)20-25-15)18-16(24)23-9-5-8-22(4)17(12-23)6-10-21(3)11-7-17/h13H,5-12H2,1-4H3,(H,18,24)/t13-/m0/s1. The Morgan fingerprint density at radius 3 is 2.60 bits per heavy atom. The normalized spacial score (nSPS) is 23.4. The van der Waals surface area contributed by atoms with Crippen molar-refractivity contribution in [3.05, 3.63) is 11.7 Å². The molecule has 0 bridgehead atoms. The van der Waals surface area contributed by atoms with Crippen molar-refractivity contribution in [2.45, 2.75) is 44.7 Å². The third-order valence-electron chi connectivity index (χ3n) is 5.68. The summed E-state index contributed by atoms with van der Waals surface area (Å²) in [5, 5.41) is 6.81. The molecule has 0 aliphatic carbocycles. The Morgan fingerprint density at radius 2 is 1.96 bits per heavy atom. The fourth-order valence-electron chi connectivity index (χ4n) is 3.87. The molecule has 1 atom stereocenters. The molecule has 1 N–H and O–H groups in total. The molecule has 1 aromatic heterocycles. The van der Waals surface area contributed by atoms with Crippen LogP contribution in [0.15, 0.2) is 4.52 Å². The largest absolute Gasteiger partial charge is 0.337 e. The predicted octanol–water partition coefficient (Wildman–Crippen LogP) is 1.25. The van der Waals surface area contributed by atoms with Crippen molar-refractivity contribution in [1.82, 2.24) is 30.2 Å². The summed E-state index contributed by atoms with van der Waals surface area (Å²) in [6, 6.07) is -0.333. The lowest BCUT2D eigenvalue weighted by molar-refractivity contribution is 0.0409. The Hall–Kier alpha value is -1.67. The highest BCUT2D eigenvalue weighted by atomic mass is 16.5. The van der Waals surface area contributed by atoms with Crippen LogP contribution in [0.5, 0.6) is 0 Å². The maximum Gasteiger partial charge on any atom is 0.318 e. The van der Waals surface area contributed by atoms with Gasteiger partial charge < -0.3 is 19.6 Å². The van der Waals surface area contributed by atoms with Crippen LogP contribution >= 0.6 is 0 Å². The number of rotatable bonds is 2. The number of nitrogens with one attached hydrogen (secondary N) is 1. The van der Waals surface area contributed by atoms with Gasteiger partial charge in [0.1, 0.15) is 6.04 Å². The maximum atomic E-state index is 12.8. The molecular weight excluding hydrogens is 320 g/mol. The number of likely N-dealkylation sites (N-methyl/N-ethyl adjacent to an activating group) is 1. The molecule has 8 nitrogen and oxygen atoms in total. The van der Waals surface area contributed by atoms with E-state index in [9.17, 15) is 4.79 Å². The van der Waals surface area contributed by atoms with Crippen LogP contribution in [0.3, 0.4) is 0 Å². The number of carbonyl (C=O) groups is 1. The van der Waals surface area contributed by atoms with E-state index in [1.54, 1.807) is 6.92 Å². The zero-order chi connectivity index (χ0) is 18.0. The second kappa shape index (κ2) is 7.29. The summed E-state index contributed by atoms with van der Waals surface area (Å²) in [4.78, 5) is 23.8. The highest BCUT2D eigenvalue weighted by Gasteiger charge is 2.41. The van der Waals surface area contributed by atoms with E-state index in [1.165, 1.54) is 0 Å². The number of aryl methyl sites for hydroxylation is 1. The molecule has 0 unspecified atom stereocenters. The number of piperidine rings is 1. The number of aromatic nitrogens is 2. The van der Waals surface area contributed by atoms with Crippen molar-refractivity contribution >= 4 is 6.03 Å². The number of likely N-dealkylation sites (tertiary alicyclic amines) is 1. The Kier molecular flexibility index (Phi) is 5.29. The van der Waals surface area contributed by atoms with Crippen LogP contribution in [0.2, 0.25) is 0 Å². The smallest absolute Gasteiger partial charge is 0.318 e. The van der Waals surface area contributed by atoms with Crippen LogP contribution in [0.4, 0.5) is 4.79 Å². The van der Waals surface area contributed by atoms with Gasteiger partial charge in [-0.05, 0) is 60.3 Å². The maximum absolute atomic E-state index is 12.8. The van der Waals surface area contributed by atoms with Crippen molar-refractivity contribution in [1.29, 1.82) is 0 Å². The van der Waals surface area contributed by atoms with Crippen molar-refractivity contribution in [2.75, 3.05) is 46.8 Å². The highest BCUT2D eigenvalue weighted by Crippen LogP contribution is 2.31. The van der Waals surface area contributed by atoms with Crippen molar-refractivity contribution in [3.63, 3.8) is 0 Å². The van der Waals surface area contributed by atoms with Gasteiger partial charge in [0, 0.05) is 25.2 Å². The Bertz CT molecular complexity index is 596. The van der Waals surface area contributed by atoms with Crippen molar-refractivity contribution in [3.8, 4) is 0 Å². The third-order valence-corrected chi connectivity index (χ3v) is 5.68. The number of carbonyl (C=O) groups excluding carboxylic acids is 1. The lowest BCUT2D eigenvalue weighted by atomic mass is 9.85. The minimum atomic E-state index is -0.289. The zero-order valence-corrected chi connectivity index (χ0v) is 15.8. The van der Waals surface area contributed by atoms with Crippen LogP contribution in [-0.4, -0.2) is 83.2 Å². The van der Waals surface area contributed by atoms with Crippen LogP contribution in [0.1, 0.15) is 43.9 Å². The van der Waals surface area contributed by atoms with Crippen LogP contribution < -0.4 is 5.32 Å². The first-order chi connectivity index (χ1) is 11.9. The number of amides is 2. The van der Waals surface area contributed by atoms with Gasteiger partial charge in [0.15, 0.2) is 5.82 Å². The van der Waals surface area contributed by atoms with E-state index in [-0.39, 0.29) is 17.6 Å². The average molecular weight is 350 g/mol. The lowest BCUT2D eigenvalue weighted by Crippen LogP contribution is -2.59. The predicted molar refractivity (Wildman–Crippen MR) is 94.3 cm³/mol. The number of nitrogens with zero attached hydrogens (tertiary/aromatic N) is 5. The highest BCUT2D eigenvalue weighted by molar-refractivity contribution is 5.74. The Balaban J connectivity index is 1.67. The van der Waals surface area contributed by atoms with Gasteiger partial charge in [0.2, 0.25) is 5.89 Å². The molecule has 2 fully saturated rings. The van der Waals surface area contributed by atoms with E-state index in [2.05, 4.69) is 39.4 Å². The molecule has 0 aromatic carbocycles. The molecule has 1 aromatic rings. The Labute approximate surface area is 149 Å². The molecule has 0 radical (unpaired) electrons. The molecular formula is C17H30N6O2. The molecule has 8 heteroatoms. The number of hydrogen-bond acceptors (Lipinski definition) is 6. The van der Waals surface area contributed by atoms with Crippen LogP contribution in [0.25, 0.3) is 0 Å². The van der Waals surface area contributed by atoms with Gasteiger partial charge in [-0.25, -0.2) is 4.79 Å². The molecule has 2 saturated heterocycles. The zero-order valence-electron chi connectivity index (χ0n) is 15.8. The third kappa shape index (κ3) is 3.95. The second-order valence-electron chi connectivity index (χ2n) is 7.58. The van der Waals surface area contributed by atoms with Gasteiger partial charge >= 0.3 is 6.03 Å². The van der Waals surface area contributed by atoms with Gasteiger partial charge in [-0.2, -0.15) is 4.98 Å². The van der Waals surface area contributed by atoms with Gasteiger partial charge in [-0.1, -0.05) is 5.16 Å². The molecule has 1 spiro atoms. The molecule has 0 saturated carbocycles. The SMILES string of the molecule is Cc1noc([C@H](C)NC(=O)N2CCCN(C)C3(CCN(C)CC3)C2)n1. The van der Waals surface area contributed by atoms with E-state index in [0.717, 1.165) is 52.0 Å². The monoisotopic (exact) mass is 350 g/mol.